The molecule has 0 bridgehead atoms. The van der Waals surface area contributed by atoms with Gasteiger partial charge in [-0.3, -0.25) is 4.90 Å². The predicted molar refractivity (Wildman–Crippen MR) is 86.1 cm³/mol. The van der Waals surface area contributed by atoms with E-state index in [9.17, 15) is 0 Å². The second-order valence-electron chi connectivity index (χ2n) is 5.52. The molecule has 3 rings (SSSR count). The van der Waals surface area contributed by atoms with Gasteiger partial charge in [-0.2, -0.15) is 0 Å². The molecule has 2 nitrogen and oxygen atoms in total. The fourth-order valence-corrected chi connectivity index (χ4v) is 3.98. The van der Waals surface area contributed by atoms with Crippen molar-refractivity contribution in [1.82, 2.24) is 4.90 Å². The highest BCUT2D eigenvalue weighted by atomic mass is 35.5. The lowest BCUT2D eigenvalue weighted by atomic mass is 9.87. The average molecular weight is 307 g/mol. The van der Waals surface area contributed by atoms with Crippen LogP contribution in [0, 0.1) is 0 Å². The van der Waals surface area contributed by atoms with Crippen LogP contribution in [0.4, 0.5) is 0 Å². The molecule has 0 atom stereocenters. The molecule has 20 heavy (non-hydrogen) atoms. The van der Waals surface area contributed by atoms with E-state index >= 15 is 0 Å². The minimum Gasteiger partial charge on any atom is -0.321 e. The zero-order valence-electron chi connectivity index (χ0n) is 11.4. The Morgan fingerprint density at radius 3 is 2.40 bits per heavy atom. The number of halogens is 1. The van der Waals surface area contributed by atoms with Crippen LogP contribution < -0.4 is 5.73 Å². The van der Waals surface area contributed by atoms with Gasteiger partial charge < -0.3 is 5.73 Å². The molecular weight excluding hydrogens is 288 g/mol. The quantitative estimate of drug-likeness (QED) is 0.933. The summed E-state index contributed by atoms with van der Waals surface area (Å²) in [5.74, 6) is 0. The number of nitrogens with two attached hydrogens (primary N) is 1. The Kier molecular flexibility index (Phi) is 4.13. The number of hydrogen-bond acceptors (Lipinski definition) is 3. The van der Waals surface area contributed by atoms with Gasteiger partial charge in [-0.05, 0) is 30.5 Å². The van der Waals surface area contributed by atoms with E-state index in [0.29, 0.717) is 0 Å². The molecule has 106 valence electrons. The Morgan fingerprint density at radius 1 is 1.10 bits per heavy atom. The van der Waals surface area contributed by atoms with Gasteiger partial charge in [0.2, 0.25) is 0 Å². The molecule has 2 aromatic rings. The number of benzene rings is 1. The minimum absolute atomic E-state index is 0.189. The first-order valence-electron chi connectivity index (χ1n) is 6.97. The highest BCUT2D eigenvalue weighted by Crippen LogP contribution is 2.36. The van der Waals surface area contributed by atoms with E-state index in [1.807, 2.05) is 6.07 Å². The summed E-state index contributed by atoms with van der Waals surface area (Å²) in [4.78, 5) is 3.71. The largest absolute Gasteiger partial charge is 0.321 e. The molecule has 2 heterocycles. The summed E-state index contributed by atoms with van der Waals surface area (Å²) in [7, 11) is 0. The minimum atomic E-state index is -0.189. The van der Waals surface area contributed by atoms with E-state index in [1.54, 1.807) is 11.3 Å². The Bertz CT molecular complexity index is 559. The first-order valence-corrected chi connectivity index (χ1v) is 8.16. The number of piperidine rings is 1. The molecule has 0 amide bonds. The van der Waals surface area contributed by atoms with Crippen molar-refractivity contribution in [3.05, 3.63) is 57.2 Å². The summed E-state index contributed by atoms with van der Waals surface area (Å²) in [5, 5.41) is 0. The molecule has 1 aromatic heterocycles. The van der Waals surface area contributed by atoms with Crippen LogP contribution in [0.1, 0.15) is 23.3 Å². The molecule has 2 N–H and O–H groups in total. The summed E-state index contributed by atoms with van der Waals surface area (Å²) < 4.78 is 0.830. The smallest absolute Gasteiger partial charge is 0.0931 e. The second kappa shape index (κ2) is 5.86. The van der Waals surface area contributed by atoms with Gasteiger partial charge in [0.05, 0.1) is 9.88 Å². The van der Waals surface area contributed by atoms with Crippen LogP contribution in [0.3, 0.4) is 0 Å². The summed E-state index contributed by atoms with van der Waals surface area (Å²) in [6, 6.07) is 14.7. The lowest BCUT2D eigenvalue weighted by Gasteiger charge is -2.38. The third kappa shape index (κ3) is 3.07. The van der Waals surface area contributed by atoms with Crippen molar-refractivity contribution >= 4 is 22.9 Å². The topological polar surface area (TPSA) is 29.3 Å². The maximum absolute atomic E-state index is 6.57. The van der Waals surface area contributed by atoms with E-state index in [4.69, 9.17) is 17.3 Å². The van der Waals surface area contributed by atoms with Crippen molar-refractivity contribution in [2.75, 3.05) is 13.1 Å². The molecule has 1 aliphatic heterocycles. The van der Waals surface area contributed by atoms with Crippen molar-refractivity contribution < 1.29 is 0 Å². The lowest BCUT2D eigenvalue weighted by Crippen LogP contribution is -2.47. The summed E-state index contributed by atoms with van der Waals surface area (Å²) in [6.45, 7) is 3.10. The molecule has 1 saturated heterocycles. The summed E-state index contributed by atoms with van der Waals surface area (Å²) in [6.07, 6.45) is 1.99. The molecule has 1 aromatic carbocycles. The van der Waals surface area contributed by atoms with E-state index in [2.05, 4.69) is 41.3 Å². The third-order valence-corrected chi connectivity index (χ3v) is 5.51. The average Bonchev–Trinajstić information content (AvgIpc) is 2.90. The van der Waals surface area contributed by atoms with Crippen LogP contribution in [0.25, 0.3) is 0 Å². The van der Waals surface area contributed by atoms with Crippen molar-refractivity contribution in [2.45, 2.75) is 24.9 Å². The van der Waals surface area contributed by atoms with Crippen molar-refractivity contribution in [3.8, 4) is 0 Å². The third-order valence-electron chi connectivity index (χ3n) is 4.06. The standard InChI is InChI=1S/C16H19ClN2S/c17-15-7-6-14(20-15)16(18)8-10-19(11-9-16)12-13-4-2-1-3-5-13/h1-7H,8-12,18H2. The maximum atomic E-state index is 6.57. The second-order valence-corrected chi connectivity index (χ2v) is 7.24. The highest BCUT2D eigenvalue weighted by molar-refractivity contribution is 7.16. The van der Waals surface area contributed by atoms with Crippen LogP contribution in [0.2, 0.25) is 4.34 Å². The zero-order chi connectivity index (χ0) is 14.0. The first-order chi connectivity index (χ1) is 9.66. The van der Waals surface area contributed by atoms with Crippen LogP contribution in [-0.2, 0) is 12.1 Å². The Labute approximate surface area is 129 Å². The van der Waals surface area contributed by atoms with Gasteiger partial charge in [0, 0.05) is 24.5 Å². The molecular formula is C16H19ClN2S. The van der Waals surface area contributed by atoms with Gasteiger partial charge in [0.1, 0.15) is 0 Å². The number of thiophene rings is 1. The number of nitrogens with zero attached hydrogens (tertiary/aromatic N) is 1. The van der Waals surface area contributed by atoms with Crippen LogP contribution >= 0.6 is 22.9 Å². The van der Waals surface area contributed by atoms with Crippen molar-refractivity contribution in [2.24, 2.45) is 5.73 Å². The zero-order valence-corrected chi connectivity index (χ0v) is 13.0. The fourth-order valence-electron chi connectivity index (χ4n) is 2.78. The Morgan fingerprint density at radius 2 is 1.80 bits per heavy atom. The van der Waals surface area contributed by atoms with E-state index in [-0.39, 0.29) is 5.54 Å². The van der Waals surface area contributed by atoms with Gasteiger partial charge in [-0.25, -0.2) is 0 Å². The lowest BCUT2D eigenvalue weighted by molar-refractivity contribution is 0.157. The molecule has 0 aliphatic carbocycles. The van der Waals surface area contributed by atoms with Gasteiger partial charge in [-0.1, -0.05) is 41.9 Å². The molecule has 0 radical (unpaired) electrons. The first kappa shape index (κ1) is 14.1. The number of hydrogen-bond donors (Lipinski definition) is 1. The van der Waals surface area contributed by atoms with Crippen LogP contribution in [0.5, 0.6) is 0 Å². The van der Waals surface area contributed by atoms with E-state index < -0.39 is 0 Å². The van der Waals surface area contributed by atoms with Gasteiger partial charge in [0.25, 0.3) is 0 Å². The highest BCUT2D eigenvalue weighted by Gasteiger charge is 2.33. The van der Waals surface area contributed by atoms with E-state index in [0.717, 1.165) is 36.8 Å². The molecule has 1 aliphatic rings. The number of rotatable bonds is 3. The molecule has 4 heteroatoms. The van der Waals surface area contributed by atoms with Crippen LogP contribution in [-0.4, -0.2) is 18.0 Å². The van der Waals surface area contributed by atoms with Gasteiger partial charge >= 0.3 is 0 Å². The fraction of sp³-hybridized carbons (Fsp3) is 0.375. The van der Waals surface area contributed by atoms with E-state index in [1.165, 1.54) is 10.4 Å². The molecule has 0 unspecified atom stereocenters. The number of likely N-dealkylation sites (tertiary alicyclic amines) is 1. The molecule has 1 fully saturated rings. The molecule has 0 spiro atoms. The normalized spacial score (nSPS) is 19.1. The SMILES string of the molecule is NC1(c2ccc(Cl)s2)CCN(Cc2ccccc2)CC1. The Hall–Kier alpha value is -0.870. The van der Waals surface area contributed by atoms with Crippen LogP contribution in [0.15, 0.2) is 42.5 Å². The van der Waals surface area contributed by atoms with Crippen molar-refractivity contribution in [3.63, 3.8) is 0 Å². The van der Waals surface area contributed by atoms with Gasteiger partial charge in [-0.15, -0.1) is 11.3 Å². The Balaban J connectivity index is 1.62. The van der Waals surface area contributed by atoms with Crippen molar-refractivity contribution in [1.29, 1.82) is 0 Å². The molecule has 0 saturated carbocycles. The predicted octanol–water partition coefficient (Wildman–Crippen LogP) is 3.85. The van der Waals surface area contributed by atoms with Gasteiger partial charge in [0.15, 0.2) is 0 Å². The summed E-state index contributed by atoms with van der Waals surface area (Å²) >= 11 is 7.65. The monoisotopic (exact) mass is 306 g/mol. The summed E-state index contributed by atoms with van der Waals surface area (Å²) in [5.41, 5.74) is 7.76. The maximum Gasteiger partial charge on any atom is 0.0931 e.